The maximum atomic E-state index is 12.9. The molecule has 1 aliphatic carbocycles. The van der Waals surface area contributed by atoms with E-state index >= 15 is 0 Å². The second-order valence-corrected chi connectivity index (χ2v) is 8.44. The third-order valence-electron chi connectivity index (χ3n) is 6.18. The largest absolute Gasteiger partial charge is 0.491 e. The molecule has 3 heterocycles. The second-order valence-electron chi connectivity index (χ2n) is 8.44. The van der Waals surface area contributed by atoms with Gasteiger partial charge in [-0.1, -0.05) is 6.07 Å². The first kappa shape index (κ1) is 20.5. The lowest BCUT2D eigenvalue weighted by molar-refractivity contribution is -0.112. The van der Waals surface area contributed by atoms with Crippen LogP contribution in [0.2, 0.25) is 0 Å². The molecule has 2 aliphatic rings. The molecule has 1 aliphatic heterocycles. The number of amides is 1. The zero-order valence-corrected chi connectivity index (χ0v) is 17.8. The van der Waals surface area contributed by atoms with Crippen molar-refractivity contribution in [3.63, 3.8) is 0 Å². The SMILES string of the molecule is O=C[C@H]1CC[C@H](n2cc3cc4c(cc3n2)OCCCCOc2cccc(n2)C(=O)N4)CC1. The Hall–Kier alpha value is -3.42. The molecule has 1 aromatic carbocycles. The first-order chi connectivity index (χ1) is 15.7. The van der Waals surface area contributed by atoms with Crippen LogP contribution in [0.25, 0.3) is 10.9 Å². The molecule has 2 bridgehead atoms. The van der Waals surface area contributed by atoms with Crippen LogP contribution < -0.4 is 14.8 Å². The van der Waals surface area contributed by atoms with Gasteiger partial charge in [0.2, 0.25) is 5.88 Å². The van der Waals surface area contributed by atoms with Crippen molar-refractivity contribution in [2.24, 2.45) is 5.92 Å². The number of hydrogen-bond acceptors (Lipinski definition) is 6. The summed E-state index contributed by atoms with van der Waals surface area (Å²) in [4.78, 5) is 28.2. The van der Waals surface area contributed by atoms with Crippen molar-refractivity contribution in [1.82, 2.24) is 14.8 Å². The Morgan fingerprint density at radius 1 is 1.06 bits per heavy atom. The summed E-state index contributed by atoms with van der Waals surface area (Å²) in [5, 5.41) is 8.66. The fourth-order valence-corrected chi connectivity index (χ4v) is 4.35. The summed E-state index contributed by atoms with van der Waals surface area (Å²) in [7, 11) is 0. The number of rotatable bonds is 2. The van der Waals surface area contributed by atoms with Crippen LogP contribution in [0.3, 0.4) is 0 Å². The number of carbonyl (C=O) groups excluding carboxylic acids is 2. The molecular formula is C24H26N4O4. The minimum atomic E-state index is -0.321. The van der Waals surface area contributed by atoms with Crippen molar-refractivity contribution in [2.45, 2.75) is 44.6 Å². The zero-order valence-electron chi connectivity index (χ0n) is 17.8. The van der Waals surface area contributed by atoms with Crippen LogP contribution in [-0.4, -0.2) is 40.2 Å². The normalized spacial score (nSPS) is 21.7. The molecular weight excluding hydrogens is 408 g/mol. The quantitative estimate of drug-likeness (QED) is 0.609. The van der Waals surface area contributed by atoms with Crippen molar-refractivity contribution in [3.8, 4) is 11.6 Å². The van der Waals surface area contributed by atoms with Gasteiger partial charge in [-0.25, -0.2) is 4.98 Å². The third kappa shape index (κ3) is 4.30. The van der Waals surface area contributed by atoms with Gasteiger partial charge in [-0.05, 0) is 50.7 Å². The van der Waals surface area contributed by atoms with Gasteiger partial charge in [-0.15, -0.1) is 0 Å². The molecule has 2 aromatic heterocycles. The lowest BCUT2D eigenvalue weighted by atomic mass is 9.87. The molecule has 0 radical (unpaired) electrons. The lowest BCUT2D eigenvalue weighted by Crippen LogP contribution is -2.19. The van der Waals surface area contributed by atoms with Gasteiger partial charge < -0.3 is 19.6 Å². The molecule has 0 unspecified atom stereocenters. The van der Waals surface area contributed by atoms with Gasteiger partial charge >= 0.3 is 0 Å². The summed E-state index contributed by atoms with van der Waals surface area (Å²) in [6.07, 6.45) is 8.41. The van der Waals surface area contributed by atoms with Crippen molar-refractivity contribution < 1.29 is 19.1 Å². The van der Waals surface area contributed by atoms with Crippen molar-refractivity contribution in [3.05, 3.63) is 42.2 Å². The first-order valence-electron chi connectivity index (χ1n) is 11.2. The van der Waals surface area contributed by atoms with Gasteiger partial charge in [0, 0.05) is 29.6 Å². The van der Waals surface area contributed by atoms with Gasteiger partial charge in [-0.3, -0.25) is 9.48 Å². The van der Waals surface area contributed by atoms with E-state index in [9.17, 15) is 9.59 Å². The van der Waals surface area contributed by atoms with Gasteiger partial charge in [0.1, 0.15) is 17.7 Å². The summed E-state index contributed by atoms with van der Waals surface area (Å²) in [6, 6.07) is 9.25. The molecule has 166 valence electrons. The van der Waals surface area contributed by atoms with Crippen LogP contribution >= 0.6 is 0 Å². The molecule has 0 atom stereocenters. The number of benzene rings is 1. The van der Waals surface area contributed by atoms with E-state index in [4.69, 9.17) is 14.6 Å². The number of nitrogens with zero attached hydrogens (tertiary/aromatic N) is 3. The van der Waals surface area contributed by atoms with E-state index in [2.05, 4.69) is 10.3 Å². The average molecular weight is 434 g/mol. The van der Waals surface area contributed by atoms with Crippen LogP contribution in [0.1, 0.15) is 55.1 Å². The predicted molar refractivity (Wildman–Crippen MR) is 119 cm³/mol. The van der Waals surface area contributed by atoms with E-state index in [0.717, 1.165) is 55.7 Å². The van der Waals surface area contributed by atoms with Crippen molar-refractivity contribution in [2.75, 3.05) is 18.5 Å². The Labute approximate surface area is 185 Å². The number of pyridine rings is 1. The molecule has 0 spiro atoms. The fraction of sp³-hybridized carbons (Fsp3) is 0.417. The number of aldehydes is 1. The number of nitrogens with one attached hydrogen (secondary N) is 1. The monoisotopic (exact) mass is 434 g/mol. The highest BCUT2D eigenvalue weighted by molar-refractivity contribution is 6.05. The number of hydrogen-bond donors (Lipinski definition) is 1. The topological polar surface area (TPSA) is 95.3 Å². The molecule has 8 heteroatoms. The van der Waals surface area contributed by atoms with E-state index < -0.39 is 0 Å². The highest BCUT2D eigenvalue weighted by atomic mass is 16.5. The Morgan fingerprint density at radius 3 is 2.69 bits per heavy atom. The molecule has 5 rings (SSSR count). The zero-order chi connectivity index (χ0) is 21.9. The van der Waals surface area contributed by atoms with E-state index in [0.29, 0.717) is 30.5 Å². The minimum absolute atomic E-state index is 0.169. The van der Waals surface area contributed by atoms with Crippen LogP contribution in [0.5, 0.6) is 11.6 Å². The predicted octanol–water partition coefficient (Wildman–Crippen LogP) is 4.17. The van der Waals surface area contributed by atoms with Gasteiger partial charge in [0.15, 0.2) is 0 Å². The summed E-state index contributed by atoms with van der Waals surface area (Å²) < 4.78 is 13.7. The number of carbonyl (C=O) groups is 2. The Balaban J connectivity index is 1.45. The summed E-state index contributed by atoms with van der Waals surface area (Å²) in [6.45, 7) is 1.03. The minimum Gasteiger partial charge on any atom is -0.491 e. The number of fused-ring (bicyclic) bond motifs is 4. The number of ether oxygens (including phenoxy) is 2. The highest BCUT2D eigenvalue weighted by Crippen LogP contribution is 2.35. The fourth-order valence-electron chi connectivity index (χ4n) is 4.35. The summed E-state index contributed by atoms with van der Waals surface area (Å²) in [5.74, 6) is 0.886. The molecule has 32 heavy (non-hydrogen) atoms. The molecule has 1 amide bonds. The molecule has 0 saturated heterocycles. The van der Waals surface area contributed by atoms with Crippen LogP contribution in [0.15, 0.2) is 36.5 Å². The molecule has 3 aromatic rings. The van der Waals surface area contributed by atoms with Crippen molar-refractivity contribution >= 4 is 28.8 Å². The van der Waals surface area contributed by atoms with Crippen LogP contribution in [0.4, 0.5) is 5.69 Å². The average Bonchev–Trinajstić information content (AvgIpc) is 3.24. The lowest BCUT2D eigenvalue weighted by Gasteiger charge is -2.25. The summed E-state index contributed by atoms with van der Waals surface area (Å²) >= 11 is 0. The van der Waals surface area contributed by atoms with Crippen LogP contribution in [0, 0.1) is 5.92 Å². The van der Waals surface area contributed by atoms with E-state index in [1.165, 1.54) is 0 Å². The van der Waals surface area contributed by atoms with E-state index in [-0.39, 0.29) is 23.6 Å². The van der Waals surface area contributed by atoms with Gasteiger partial charge in [0.25, 0.3) is 5.91 Å². The molecule has 1 fully saturated rings. The van der Waals surface area contributed by atoms with E-state index in [1.54, 1.807) is 18.2 Å². The third-order valence-corrected chi connectivity index (χ3v) is 6.18. The maximum absolute atomic E-state index is 12.9. The summed E-state index contributed by atoms with van der Waals surface area (Å²) in [5.41, 5.74) is 1.71. The Bertz CT molecular complexity index is 1130. The molecule has 8 nitrogen and oxygen atoms in total. The van der Waals surface area contributed by atoms with Crippen LogP contribution in [-0.2, 0) is 4.79 Å². The number of anilines is 1. The Morgan fingerprint density at radius 2 is 1.88 bits per heavy atom. The van der Waals surface area contributed by atoms with Crippen molar-refractivity contribution in [1.29, 1.82) is 0 Å². The molecule has 1 saturated carbocycles. The standard InChI is InChI=1S/C24H26N4O4/c29-15-16-6-8-18(9-7-16)28-14-17-12-21-22(13-20(17)27-28)31-10-1-2-11-32-23-5-3-4-19(25-23)24(30)26-21/h3-5,12-16,18H,1-2,6-11H2,(H,26,30)/t16-,18-. The number of aromatic nitrogens is 3. The maximum Gasteiger partial charge on any atom is 0.274 e. The van der Waals surface area contributed by atoms with Gasteiger partial charge in [-0.2, -0.15) is 5.10 Å². The first-order valence-corrected chi connectivity index (χ1v) is 11.2. The van der Waals surface area contributed by atoms with Gasteiger partial charge in [0.05, 0.1) is 30.5 Å². The Kier molecular flexibility index (Phi) is 5.75. The highest BCUT2D eigenvalue weighted by Gasteiger charge is 2.23. The second kappa shape index (κ2) is 8.98. The van der Waals surface area contributed by atoms with E-state index in [1.807, 2.05) is 23.0 Å². The molecule has 1 N–H and O–H groups in total. The smallest absolute Gasteiger partial charge is 0.274 e.